The third kappa shape index (κ3) is 3.56. The summed E-state index contributed by atoms with van der Waals surface area (Å²) in [6.45, 7) is 5.85. The molecule has 0 aliphatic carbocycles. The van der Waals surface area contributed by atoms with Crippen LogP contribution in [0.5, 0.6) is 17.2 Å². The smallest absolute Gasteiger partial charge is 0.308 e. The molecule has 3 aromatic carbocycles. The van der Waals surface area contributed by atoms with E-state index >= 15 is 0 Å². The highest BCUT2D eigenvalue weighted by atomic mass is 16.5. The van der Waals surface area contributed by atoms with E-state index < -0.39 is 17.8 Å². The average Bonchev–Trinajstić information content (AvgIpc) is 3.04. The van der Waals surface area contributed by atoms with Crippen molar-refractivity contribution < 1.29 is 28.6 Å². The van der Waals surface area contributed by atoms with Crippen molar-refractivity contribution in [2.75, 3.05) is 18.1 Å². The average molecular weight is 433 g/mol. The molecule has 0 N–H and O–H groups in total. The lowest BCUT2D eigenvalue weighted by molar-refractivity contribution is -0.131. The quantitative estimate of drug-likeness (QED) is 0.304. The van der Waals surface area contributed by atoms with Gasteiger partial charge in [-0.05, 0) is 37.6 Å². The van der Waals surface area contributed by atoms with Gasteiger partial charge in [-0.1, -0.05) is 31.2 Å². The maximum atomic E-state index is 13.5. The van der Waals surface area contributed by atoms with E-state index in [-0.39, 0.29) is 11.1 Å². The van der Waals surface area contributed by atoms with Gasteiger partial charge in [0.25, 0.3) is 11.8 Å². The van der Waals surface area contributed by atoms with Gasteiger partial charge in [0, 0.05) is 17.7 Å². The second-order valence-electron chi connectivity index (χ2n) is 7.27. The minimum atomic E-state index is -0.485. The van der Waals surface area contributed by atoms with Crippen LogP contribution in [-0.2, 0) is 4.79 Å². The molecule has 1 aliphatic rings. The van der Waals surface area contributed by atoms with Crippen LogP contribution in [0.15, 0.2) is 48.5 Å². The Morgan fingerprint density at radius 1 is 0.844 bits per heavy atom. The fourth-order valence-corrected chi connectivity index (χ4v) is 3.81. The second kappa shape index (κ2) is 8.70. The number of amides is 2. The summed E-state index contributed by atoms with van der Waals surface area (Å²) in [6.07, 6.45) is 0.750. The van der Waals surface area contributed by atoms with Gasteiger partial charge in [-0.15, -0.1) is 0 Å². The number of rotatable bonds is 7. The molecule has 164 valence electrons. The zero-order valence-corrected chi connectivity index (χ0v) is 18.1. The summed E-state index contributed by atoms with van der Waals surface area (Å²) in [5, 5.41) is 1.43. The number of esters is 1. The Labute approximate surface area is 185 Å². The normalized spacial score (nSPS) is 12.8. The summed E-state index contributed by atoms with van der Waals surface area (Å²) in [5.74, 6) is -0.337. The van der Waals surface area contributed by atoms with E-state index in [0.717, 1.165) is 16.7 Å². The lowest BCUT2D eigenvalue weighted by Crippen LogP contribution is -2.29. The Bertz CT molecular complexity index is 1220. The van der Waals surface area contributed by atoms with Gasteiger partial charge in [0.2, 0.25) is 0 Å². The molecular formula is C25H23NO6. The molecule has 0 unspecified atom stereocenters. The van der Waals surface area contributed by atoms with Gasteiger partial charge in [0.15, 0.2) is 0 Å². The van der Waals surface area contributed by atoms with Crippen LogP contribution in [0.3, 0.4) is 0 Å². The molecule has 3 aromatic rings. The topological polar surface area (TPSA) is 82.1 Å². The molecule has 0 saturated carbocycles. The molecule has 0 bridgehead atoms. The Kier molecular flexibility index (Phi) is 5.81. The maximum Gasteiger partial charge on any atom is 0.308 e. The molecule has 7 heteroatoms. The Morgan fingerprint density at radius 2 is 1.41 bits per heavy atom. The van der Waals surface area contributed by atoms with Crippen LogP contribution >= 0.6 is 0 Å². The van der Waals surface area contributed by atoms with Crippen molar-refractivity contribution in [3.63, 3.8) is 0 Å². The first kappa shape index (κ1) is 21.4. The van der Waals surface area contributed by atoms with Crippen molar-refractivity contribution in [2.24, 2.45) is 0 Å². The molecule has 32 heavy (non-hydrogen) atoms. The number of carbonyl (C=O) groups excluding carboxylic acids is 3. The summed E-state index contributed by atoms with van der Waals surface area (Å²) < 4.78 is 16.9. The van der Waals surface area contributed by atoms with Gasteiger partial charge in [0.05, 0.1) is 30.0 Å². The first-order valence-electron chi connectivity index (χ1n) is 10.5. The van der Waals surface area contributed by atoms with Gasteiger partial charge in [-0.3, -0.25) is 14.4 Å². The molecule has 0 fully saturated rings. The van der Waals surface area contributed by atoms with Crippen LogP contribution in [0.4, 0.5) is 5.69 Å². The molecule has 0 spiro atoms. The van der Waals surface area contributed by atoms with Gasteiger partial charge < -0.3 is 14.2 Å². The largest absolute Gasteiger partial charge is 0.492 e. The van der Waals surface area contributed by atoms with Crippen molar-refractivity contribution in [3.8, 4) is 17.2 Å². The fourth-order valence-electron chi connectivity index (χ4n) is 3.81. The SMILES string of the molecule is CCCOc1c2c(c(OCC)c3ccccc13)C(=O)N(c1ccc(OC(C)=O)cc1)C2=O. The van der Waals surface area contributed by atoms with E-state index in [1.165, 1.54) is 19.1 Å². The molecular weight excluding hydrogens is 410 g/mol. The molecule has 0 saturated heterocycles. The number of ether oxygens (including phenoxy) is 3. The monoisotopic (exact) mass is 433 g/mol. The lowest BCUT2D eigenvalue weighted by atomic mass is 9.99. The number of hydrogen-bond donors (Lipinski definition) is 0. The Balaban J connectivity index is 1.89. The Hall–Kier alpha value is -3.87. The molecule has 7 nitrogen and oxygen atoms in total. The zero-order chi connectivity index (χ0) is 22.8. The molecule has 2 amide bonds. The molecule has 0 radical (unpaired) electrons. The van der Waals surface area contributed by atoms with E-state index in [9.17, 15) is 14.4 Å². The van der Waals surface area contributed by atoms with E-state index in [4.69, 9.17) is 14.2 Å². The number of anilines is 1. The van der Waals surface area contributed by atoms with Crippen molar-refractivity contribution in [2.45, 2.75) is 27.2 Å². The summed E-state index contributed by atoms with van der Waals surface area (Å²) in [5.41, 5.74) is 0.764. The van der Waals surface area contributed by atoms with E-state index in [1.54, 1.807) is 12.1 Å². The third-order valence-corrected chi connectivity index (χ3v) is 5.05. The van der Waals surface area contributed by atoms with Crippen LogP contribution < -0.4 is 19.1 Å². The minimum absolute atomic E-state index is 0.200. The van der Waals surface area contributed by atoms with E-state index in [1.807, 2.05) is 38.1 Å². The standard InChI is InChI=1S/C25H23NO6/c1-4-14-31-23-19-9-7-6-8-18(19)22(30-5-2)20-21(23)25(29)26(24(20)28)16-10-12-17(13-11-16)32-15(3)27/h6-13H,4-5,14H2,1-3H3. The first-order valence-corrected chi connectivity index (χ1v) is 10.5. The van der Waals surface area contributed by atoms with Crippen molar-refractivity contribution in [3.05, 3.63) is 59.7 Å². The van der Waals surface area contributed by atoms with Gasteiger partial charge in [0.1, 0.15) is 17.2 Å². The number of fused-ring (bicyclic) bond motifs is 2. The molecule has 1 heterocycles. The summed E-state index contributed by atoms with van der Waals surface area (Å²) in [7, 11) is 0. The zero-order valence-electron chi connectivity index (χ0n) is 18.1. The van der Waals surface area contributed by atoms with Crippen LogP contribution in [0.25, 0.3) is 10.8 Å². The molecule has 1 aliphatic heterocycles. The van der Waals surface area contributed by atoms with Crippen LogP contribution in [0.2, 0.25) is 0 Å². The second-order valence-corrected chi connectivity index (χ2v) is 7.27. The summed E-state index contributed by atoms with van der Waals surface area (Å²) in [4.78, 5) is 39.3. The first-order chi connectivity index (χ1) is 15.5. The van der Waals surface area contributed by atoms with Crippen molar-refractivity contribution in [1.82, 2.24) is 0 Å². The summed E-state index contributed by atoms with van der Waals surface area (Å²) in [6, 6.07) is 13.6. The van der Waals surface area contributed by atoms with Crippen molar-refractivity contribution in [1.29, 1.82) is 0 Å². The van der Waals surface area contributed by atoms with Gasteiger partial charge in [-0.2, -0.15) is 0 Å². The van der Waals surface area contributed by atoms with E-state index in [0.29, 0.717) is 41.5 Å². The maximum absolute atomic E-state index is 13.5. The highest BCUT2D eigenvalue weighted by Gasteiger charge is 2.43. The number of carbonyl (C=O) groups is 3. The molecule has 0 aromatic heterocycles. The van der Waals surface area contributed by atoms with Gasteiger partial charge >= 0.3 is 5.97 Å². The fraction of sp³-hybridized carbons (Fsp3) is 0.240. The third-order valence-electron chi connectivity index (χ3n) is 5.05. The molecule has 0 atom stereocenters. The Morgan fingerprint density at radius 3 is 1.91 bits per heavy atom. The summed E-state index contributed by atoms with van der Waals surface area (Å²) >= 11 is 0. The lowest BCUT2D eigenvalue weighted by Gasteiger charge is -2.16. The van der Waals surface area contributed by atoms with Crippen LogP contribution in [0.1, 0.15) is 47.9 Å². The van der Waals surface area contributed by atoms with Crippen molar-refractivity contribution >= 4 is 34.2 Å². The highest BCUT2D eigenvalue weighted by molar-refractivity contribution is 6.38. The number of imide groups is 1. The van der Waals surface area contributed by atoms with Crippen LogP contribution in [-0.4, -0.2) is 31.0 Å². The van der Waals surface area contributed by atoms with Crippen LogP contribution in [0, 0.1) is 0 Å². The number of hydrogen-bond acceptors (Lipinski definition) is 6. The highest BCUT2D eigenvalue weighted by Crippen LogP contribution is 2.46. The predicted molar refractivity (Wildman–Crippen MR) is 120 cm³/mol. The predicted octanol–water partition coefficient (Wildman–Crippen LogP) is 4.75. The minimum Gasteiger partial charge on any atom is -0.492 e. The number of benzene rings is 3. The van der Waals surface area contributed by atoms with Gasteiger partial charge in [-0.25, -0.2) is 4.90 Å². The number of nitrogens with zero attached hydrogens (tertiary/aromatic N) is 1. The molecule has 4 rings (SSSR count). The van der Waals surface area contributed by atoms with E-state index in [2.05, 4.69) is 0 Å².